The summed E-state index contributed by atoms with van der Waals surface area (Å²) < 4.78 is 18.7. The molecule has 2 aromatic carbocycles. The van der Waals surface area contributed by atoms with Crippen molar-refractivity contribution in [1.82, 2.24) is 9.80 Å². The summed E-state index contributed by atoms with van der Waals surface area (Å²) in [6.45, 7) is 7.99. The van der Waals surface area contributed by atoms with E-state index in [1.54, 1.807) is 12.1 Å². The maximum Gasteiger partial charge on any atom is 0.173 e. The van der Waals surface area contributed by atoms with Crippen LogP contribution in [0.2, 0.25) is 5.02 Å². The van der Waals surface area contributed by atoms with Crippen molar-refractivity contribution in [1.29, 1.82) is 0 Å². The van der Waals surface area contributed by atoms with Gasteiger partial charge in [-0.3, -0.25) is 4.90 Å². The first-order chi connectivity index (χ1) is 14.0. The van der Waals surface area contributed by atoms with Crippen LogP contribution in [0.25, 0.3) is 0 Å². The molecular formula is C22H27ClFN3OS. The molecule has 2 aromatic rings. The number of rotatable bonds is 7. The maximum absolute atomic E-state index is 13.3. The van der Waals surface area contributed by atoms with Crippen LogP contribution in [-0.2, 0) is 11.3 Å². The third kappa shape index (κ3) is 6.93. The molecule has 7 heteroatoms. The highest BCUT2D eigenvalue weighted by molar-refractivity contribution is 7.80. The minimum atomic E-state index is -0.233. The molecule has 29 heavy (non-hydrogen) atoms. The summed E-state index contributed by atoms with van der Waals surface area (Å²) in [5.74, 6) is -0.233. The fourth-order valence-electron chi connectivity index (χ4n) is 3.30. The van der Waals surface area contributed by atoms with E-state index < -0.39 is 0 Å². The second kappa shape index (κ2) is 10.9. The number of anilines is 1. The molecule has 1 N–H and O–H groups in total. The number of aryl methyl sites for hydroxylation is 1. The zero-order valence-corrected chi connectivity index (χ0v) is 18.2. The van der Waals surface area contributed by atoms with E-state index in [0.29, 0.717) is 16.7 Å². The zero-order valence-electron chi connectivity index (χ0n) is 16.7. The fourth-order valence-corrected chi connectivity index (χ4v) is 3.73. The van der Waals surface area contributed by atoms with Gasteiger partial charge in [-0.25, -0.2) is 4.39 Å². The van der Waals surface area contributed by atoms with E-state index in [1.807, 2.05) is 25.1 Å². The van der Waals surface area contributed by atoms with Gasteiger partial charge in [0.2, 0.25) is 0 Å². The van der Waals surface area contributed by atoms with Crippen LogP contribution in [-0.4, -0.2) is 54.3 Å². The lowest BCUT2D eigenvalue weighted by Crippen LogP contribution is -2.40. The molecule has 0 saturated carbocycles. The Morgan fingerprint density at radius 3 is 2.66 bits per heavy atom. The first kappa shape index (κ1) is 22.0. The van der Waals surface area contributed by atoms with Crippen LogP contribution < -0.4 is 5.32 Å². The Morgan fingerprint density at radius 1 is 1.21 bits per heavy atom. The quantitative estimate of drug-likeness (QED) is 0.636. The van der Waals surface area contributed by atoms with Gasteiger partial charge in [-0.1, -0.05) is 29.8 Å². The number of halogens is 2. The Labute approximate surface area is 182 Å². The molecule has 0 aromatic heterocycles. The Balaban J connectivity index is 1.65. The lowest BCUT2D eigenvalue weighted by atomic mass is 10.2. The third-order valence-corrected chi connectivity index (χ3v) is 5.62. The highest BCUT2D eigenvalue weighted by atomic mass is 35.5. The molecule has 0 amide bonds. The molecule has 0 aliphatic carbocycles. The summed E-state index contributed by atoms with van der Waals surface area (Å²) in [5.41, 5.74) is 3.00. The summed E-state index contributed by atoms with van der Waals surface area (Å²) >= 11 is 11.9. The number of nitrogens with one attached hydrogen (secondary N) is 1. The summed E-state index contributed by atoms with van der Waals surface area (Å²) in [4.78, 5) is 4.54. The van der Waals surface area contributed by atoms with Crippen LogP contribution in [0.1, 0.15) is 17.5 Å². The van der Waals surface area contributed by atoms with Crippen molar-refractivity contribution in [3.8, 4) is 0 Å². The summed E-state index contributed by atoms with van der Waals surface area (Å²) in [5, 5.41) is 4.64. The van der Waals surface area contributed by atoms with Crippen LogP contribution >= 0.6 is 23.8 Å². The average Bonchev–Trinajstić information content (AvgIpc) is 2.72. The van der Waals surface area contributed by atoms with E-state index >= 15 is 0 Å². The van der Waals surface area contributed by atoms with Crippen LogP contribution in [0.15, 0.2) is 42.5 Å². The van der Waals surface area contributed by atoms with Gasteiger partial charge in [-0.2, -0.15) is 0 Å². The number of hydrogen-bond acceptors (Lipinski definition) is 3. The van der Waals surface area contributed by atoms with Gasteiger partial charge in [-0.05, 0) is 61.0 Å². The highest BCUT2D eigenvalue weighted by Gasteiger charge is 2.14. The van der Waals surface area contributed by atoms with Gasteiger partial charge in [0, 0.05) is 43.4 Å². The number of benzene rings is 2. The molecule has 156 valence electrons. The summed E-state index contributed by atoms with van der Waals surface area (Å²) in [7, 11) is 0. The van der Waals surface area contributed by atoms with Gasteiger partial charge in [0.25, 0.3) is 0 Å². The van der Waals surface area contributed by atoms with E-state index in [2.05, 4.69) is 15.1 Å². The predicted octanol–water partition coefficient (Wildman–Crippen LogP) is 4.71. The maximum atomic E-state index is 13.3. The van der Waals surface area contributed by atoms with Crippen molar-refractivity contribution in [2.45, 2.75) is 19.9 Å². The minimum Gasteiger partial charge on any atom is -0.379 e. The van der Waals surface area contributed by atoms with Crippen molar-refractivity contribution >= 4 is 34.6 Å². The smallest absolute Gasteiger partial charge is 0.173 e. The van der Waals surface area contributed by atoms with E-state index in [0.717, 1.165) is 62.6 Å². The van der Waals surface area contributed by atoms with E-state index in [1.165, 1.54) is 12.1 Å². The highest BCUT2D eigenvalue weighted by Crippen LogP contribution is 2.21. The van der Waals surface area contributed by atoms with Crippen molar-refractivity contribution < 1.29 is 9.13 Å². The standard InChI is InChI=1S/C22H27ClFN3OS/c1-17-3-6-19(23)15-21(17)25-22(29)27(16-18-4-7-20(24)8-5-18)10-2-9-26-11-13-28-14-12-26/h3-8,15H,2,9-14,16H2,1H3,(H,25,29). The molecule has 0 spiro atoms. The lowest BCUT2D eigenvalue weighted by molar-refractivity contribution is 0.0368. The number of hydrogen-bond donors (Lipinski definition) is 1. The first-order valence-electron chi connectivity index (χ1n) is 9.88. The molecule has 0 atom stereocenters. The number of nitrogens with zero attached hydrogens (tertiary/aromatic N) is 2. The molecule has 1 fully saturated rings. The third-order valence-electron chi connectivity index (χ3n) is 5.02. The Morgan fingerprint density at radius 2 is 1.93 bits per heavy atom. The van der Waals surface area contributed by atoms with Gasteiger partial charge in [0.1, 0.15) is 5.82 Å². The average molecular weight is 436 g/mol. The largest absolute Gasteiger partial charge is 0.379 e. The topological polar surface area (TPSA) is 27.7 Å². The summed E-state index contributed by atoms with van der Waals surface area (Å²) in [6.07, 6.45) is 0.984. The number of thiocarbonyl (C=S) groups is 1. The van der Waals surface area contributed by atoms with Crippen molar-refractivity contribution in [2.75, 3.05) is 44.7 Å². The van der Waals surface area contributed by atoms with Crippen molar-refractivity contribution in [2.24, 2.45) is 0 Å². The molecule has 0 unspecified atom stereocenters. The molecule has 1 aliphatic heterocycles. The van der Waals surface area contributed by atoms with Gasteiger partial charge < -0.3 is 15.0 Å². The van der Waals surface area contributed by atoms with Gasteiger partial charge in [-0.15, -0.1) is 0 Å². The van der Waals surface area contributed by atoms with Crippen LogP contribution in [0.4, 0.5) is 10.1 Å². The molecular weight excluding hydrogens is 409 g/mol. The van der Waals surface area contributed by atoms with Crippen molar-refractivity contribution in [3.05, 3.63) is 64.4 Å². The van der Waals surface area contributed by atoms with Gasteiger partial charge >= 0.3 is 0 Å². The number of ether oxygens (including phenoxy) is 1. The SMILES string of the molecule is Cc1ccc(Cl)cc1NC(=S)N(CCCN1CCOCC1)Cc1ccc(F)cc1. The Kier molecular flexibility index (Phi) is 8.24. The first-order valence-corrected chi connectivity index (χ1v) is 10.7. The molecule has 1 heterocycles. The zero-order chi connectivity index (χ0) is 20.6. The molecule has 0 radical (unpaired) electrons. The van der Waals surface area contributed by atoms with Crippen molar-refractivity contribution in [3.63, 3.8) is 0 Å². The van der Waals surface area contributed by atoms with Crippen LogP contribution in [0.3, 0.4) is 0 Å². The second-order valence-corrected chi connectivity index (χ2v) is 8.07. The van der Waals surface area contributed by atoms with E-state index in [9.17, 15) is 4.39 Å². The lowest BCUT2D eigenvalue weighted by Gasteiger charge is -2.30. The van der Waals surface area contributed by atoms with Crippen LogP contribution in [0, 0.1) is 12.7 Å². The molecule has 3 rings (SSSR count). The monoisotopic (exact) mass is 435 g/mol. The van der Waals surface area contributed by atoms with Gasteiger partial charge in [0.15, 0.2) is 5.11 Å². The molecule has 4 nitrogen and oxygen atoms in total. The van der Waals surface area contributed by atoms with E-state index in [-0.39, 0.29) is 5.82 Å². The molecule has 1 saturated heterocycles. The van der Waals surface area contributed by atoms with Gasteiger partial charge in [0.05, 0.1) is 13.2 Å². The van der Waals surface area contributed by atoms with Crippen LogP contribution in [0.5, 0.6) is 0 Å². The molecule has 0 bridgehead atoms. The van der Waals surface area contributed by atoms with E-state index in [4.69, 9.17) is 28.6 Å². The number of morpholine rings is 1. The molecule has 1 aliphatic rings. The fraction of sp³-hybridized carbons (Fsp3) is 0.409. The minimum absolute atomic E-state index is 0.233. The summed E-state index contributed by atoms with van der Waals surface area (Å²) in [6, 6.07) is 12.3. The normalized spacial score (nSPS) is 14.6. The Hall–Kier alpha value is -1.73. The Bertz CT molecular complexity index is 812. The predicted molar refractivity (Wildman–Crippen MR) is 121 cm³/mol. The second-order valence-electron chi connectivity index (χ2n) is 7.24.